The van der Waals surface area contributed by atoms with E-state index in [-0.39, 0.29) is 35.4 Å². The zero-order valence-electron chi connectivity index (χ0n) is 16.1. The Morgan fingerprint density at radius 3 is 2.64 bits per heavy atom. The average Bonchev–Trinajstić information content (AvgIpc) is 2.90. The van der Waals surface area contributed by atoms with Crippen molar-refractivity contribution in [3.63, 3.8) is 0 Å². The number of benzene rings is 2. The lowest BCUT2D eigenvalue weighted by Crippen LogP contribution is -2.33. The minimum absolute atomic E-state index is 0.0971. The van der Waals surface area contributed by atoms with E-state index in [1.165, 1.54) is 0 Å². The van der Waals surface area contributed by atoms with Crippen LogP contribution in [0.2, 0.25) is 0 Å². The highest BCUT2D eigenvalue weighted by Gasteiger charge is 2.36. The van der Waals surface area contributed by atoms with E-state index < -0.39 is 21.7 Å². The van der Waals surface area contributed by atoms with Crippen molar-refractivity contribution in [2.45, 2.75) is 43.9 Å². The molecule has 1 fully saturated rings. The molecule has 0 radical (unpaired) electrons. The lowest BCUT2D eigenvalue weighted by molar-refractivity contribution is -0.149. The molecule has 1 aliphatic carbocycles. The van der Waals surface area contributed by atoms with Gasteiger partial charge in [-0.25, -0.2) is 8.42 Å². The maximum Gasteiger partial charge on any atom is 0.310 e. The summed E-state index contributed by atoms with van der Waals surface area (Å²) in [6.07, 6.45) is 3.04. The summed E-state index contributed by atoms with van der Waals surface area (Å²) in [7, 11) is -3.71. The van der Waals surface area contributed by atoms with E-state index in [4.69, 9.17) is 4.74 Å². The van der Waals surface area contributed by atoms with Gasteiger partial charge in [-0.15, -0.1) is 0 Å². The maximum atomic E-state index is 13.1. The number of sulfone groups is 1. The Morgan fingerprint density at radius 2 is 1.89 bits per heavy atom. The van der Waals surface area contributed by atoms with Gasteiger partial charge in [-0.1, -0.05) is 36.8 Å². The molecule has 28 heavy (non-hydrogen) atoms. The van der Waals surface area contributed by atoms with Crippen LogP contribution in [-0.4, -0.2) is 32.5 Å². The van der Waals surface area contributed by atoms with Crippen LogP contribution in [0.15, 0.2) is 47.4 Å². The minimum Gasteiger partial charge on any atom is -0.466 e. The number of esters is 1. The number of carbonyl (C=O) groups excluding carboxylic acids is 2. The summed E-state index contributed by atoms with van der Waals surface area (Å²) in [6.45, 7) is 1.89. The van der Waals surface area contributed by atoms with Gasteiger partial charge in [-0.3, -0.25) is 9.59 Å². The predicted molar refractivity (Wildman–Crippen MR) is 108 cm³/mol. The number of hydrogen-bond donors (Lipinski definition) is 0. The van der Waals surface area contributed by atoms with Gasteiger partial charge in [0.05, 0.1) is 23.2 Å². The van der Waals surface area contributed by atoms with Gasteiger partial charge in [0.15, 0.2) is 9.84 Å². The number of Topliss-reactive ketones (excluding diaryl/α,β-unsaturated/α-hetero) is 1. The highest BCUT2D eigenvalue weighted by molar-refractivity contribution is 7.91. The predicted octanol–water partition coefficient (Wildman–Crippen LogP) is 3.94. The van der Waals surface area contributed by atoms with Crippen LogP contribution >= 0.6 is 0 Å². The fourth-order valence-electron chi connectivity index (χ4n) is 3.91. The summed E-state index contributed by atoms with van der Waals surface area (Å²) in [6, 6.07) is 12.5. The molecule has 0 N–H and O–H groups in total. The van der Waals surface area contributed by atoms with Gasteiger partial charge in [0.25, 0.3) is 0 Å². The third-order valence-corrected chi connectivity index (χ3v) is 7.18. The Balaban J connectivity index is 1.90. The average molecular weight is 403 g/mol. The van der Waals surface area contributed by atoms with Crippen molar-refractivity contribution >= 4 is 32.4 Å². The van der Waals surface area contributed by atoms with Crippen molar-refractivity contribution in [1.82, 2.24) is 0 Å². The molecule has 6 heteroatoms. The highest BCUT2D eigenvalue weighted by atomic mass is 32.2. The lowest BCUT2D eigenvalue weighted by Gasteiger charge is -2.24. The van der Waals surface area contributed by atoms with E-state index in [9.17, 15) is 18.0 Å². The van der Waals surface area contributed by atoms with Crippen LogP contribution in [0, 0.1) is 11.8 Å². The molecule has 0 spiro atoms. The second-order valence-corrected chi connectivity index (χ2v) is 9.43. The second-order valence-electron chi connectivity index (χ2n) is 7.40. The molecule has 0 aromatic heterocycles. The lowest BCUT2D eigenvalue weighted by atomic mass is 9.87. The molecule has 5 nitrogen and oxygen atoms in total. The van der Waals surface area contributed by atoms with Crippen LogP contribution in [0.4, 0.5) is 0 Å². The van der Waals surface area contributed by atoms with Crippen LogP contribution in [0.3, 0.4) is 0 Å². The van der Waals surface area contributed by atoms with Gasteiger partial charge < -0.3 is 4.74 Å². The van der Waals surface area contributed by atoms with Crippen molar-refractivity contribution in [3.05, 3.63) is 42.5 Å². The van der Waals surface area contributed by atoms with E-state index in [0.717, 1.165) is 23.6 Å². The molecule has 2 aromatic carbocycles. The molecule has 0 heterocycles. The minimum atomic E-state index is -3.71. The molecular weight excluding hydrogens is 376 g/mol. The van der Waals surface area contributed by atoms with E-state index in [0.29, 0.717) is 12.8 Å². The first-order valence-corrected chi connectivity index (χ1v) is 11.5. The quantitative estimate of drug-likeness (QED) is 0.540. The van der Waals surface area contributed by atoms with Gasteiger partial charge >= 0.3 is 5.97 Å². The zero-order valence-corrected chi connectivity index (χ0v) is 16.9. The molecule has 0 aliphatic heterocycles. The highest BCUT2D eigenvalue weighted by Crippen LogP contribution is 2.31. The summed E-state index contributed by atoms with van der Waals surface area (Å²) in [5.74, 6) is -1.86. The molecule has 2 atom stereocenters. The smallest absolute Gasteiger partial charge is 0.310 e. The number of hydrogen-bond acceptors (Lipinski definition) is 5. The summed E-state index contributed by atoms with van der Waals surface area (Å²) in [4.78, 5) is 24.8. The SMILES string of the molecule is CCOC(=O)[C@H](CS(=O)(=O)c1ccc2ccccc2c1)C1CCCCC(=O)C1. The molecule has 0 bridgehead atoms. The molecule has 3 rings (SSSR count). The third-order valence-electron chi connectivity index (χ3n) is 5.41. The summed E-state index contributed by atoms with van der Waals surface area (Å²) < 4.78 is 31.4. The van der Waals surface area contributed by atoms with Crippen molar-refractivity contribution < 1.29 is 22.7 Å². The summed E-state index contributed by atoms with van der Waals surface area (Å²) in [5, 5.41) is 1.79. The van der Waals surface area contributed by atoms with Gasteiger partial charge in [0, 0.05) is 12.8 Å². The first-order valence-electron chi connectivity index (χ1n) is 9.80. The number of ketones is 1. The van der Waals surface area contributed by atoms with Crippen molar-refractivity contribution in [3.8, 4) is 0 Å². The van der Waals surface area contributed by atoms with Crippen molar-refractivity contribution in [1.29, 1.82) is 0 Å². The van der Waals surface area contributed by atoms with Gasteiger partial charge in [-0.2, -0.15) is 0 Å². The van der Waals surface area contributed by atoms with E-state index in [1.54, 1.807) is 25.1 Å². The summed E-state index contributed by atoms with van der Waals surface area (Å²) >= 11 is 0. The fourth-order valence-corrected chi connectivity index (χ4v) is 5.56. The molecule has 1 saturated carbocycles. The Labute approximate surface area is 166 Å². The Morgan fingerprint density at radius 1 is 1.14 bits per heavy atom. The number of ether oxygens (including phenoxy) is 1. The van der Waals surface area contributed by atoms with Gasteiger partial charge in [0.2, 0.25) is 0 Å². The van der Waals surface area contributed by atoms with Gasteiger partial charge in [-0.05, 0) is 48.6 Å². The number of fused-ring (bicyclic) bond motifs is 1. The van der Waals surface area contributed by atoms with Crippen molar-refractivity contribution in [2.24, 2.45) is 11.8 Å². The number of carbonyl (C=O) groups is 2. The van der Waals surface area contributed by atoms with E-state index in [1.807, 2.05) is 24.3 Å². The molecule has 2 aromatic rings. The number of rotatable bonds is 6. The fraction of sp³-hybridized carbons (Fsp3) is 0.455. The largest absolute Gasteiger partial charge is 0.466 e. The Bertz CT molecular complexity index is 964. The molecule has 0 amide bonds. The molecule has 1 aliphatic rings. The molecular formula is C22H26O5S. The van der Waals surface area contributed by atoms with Crippen LogP contribution in [-0.2, 0) is 24.2 Å². The monoisotopic (exact) mass is 402 g/mol. The van der Waals surface area contributed by atoms with E-state index >= 15 is 0 Å². The van der Waals surface area contributed by atoms with Crippen LogP contribution in [0.5, 0.6) is 0 Å². The standard InChI is InChI=1S/C22H26O5S/c1-2-27-22(24)21(18-9-5-6-10-19(23)13-18)15-28(25,26)20-12-11-16-7-3-4-8-17(16)14-20/h3-4,7-8,11-12,14,18,21H,2,5-6,9-10,13,15H2,1H3/t18?,21-/m1/s1. The maximum absolute atomic E-state index is 13.1. The topological polar surface area (TPSA) is 77.5 Å². The zero-order chi connectivity index (χ0) is 20.1. The Hall–Kier alpha value is -2.21. The van der Waals surface area contributed by atoms with Crippen LogP contribution < -0.4 is 0 Å². The third kappa shape index (κ3) is 4.79. The van der Waals surface area contributed by atoms with Crippen LogP contribution in [0.25, 0.3) is 10.8 Å². The van der Waals surface area contributed by atoms with Crippen molar-refractivity contribution in [2.75, 3.05) is 12.4 Å². The molecule has 1 unspecified atom stereocenters. The van der Waals surface area contributed by atoms with Crippen LogP contribution in [0.1, 0.15) is 39.0 Å². The Kier molecular flexibility index (Phi) is 6.50. The first kappa shape index (κ1) is 20.5. The molecule has 0 saturated heterocycles. The summed E-state index contributed by atoms with van der Waals surface area (Å²) in [5.41, 5.74) is 0. The van der Waals surface area contributed by atoms with E-state index in [2.05, 4.69) is 0 Å². The van der Waals surface area contributed by atoms with Gasteiger partial charge in [0.1, 0.15) is 5.78 Å². The molecule has 150 valence electrons. The second kappa shape index (κ2) is 8.86. The first-order chi connectivity index (χ1) is 13.4. The normalized spacial score (nSPS) is 19.2.